The van der Waals surface area contributed by atoms with Gasteiger partial charge in [-0.25, -0.2) is 0 Å². The number of hydrogen-bond donors (Lipinski definition) is 1. The van der Waals surface area contributed by atoms with Crippen LogP contribution in [0, 0.1) is 35.5 Å². The van der Waals surface area contributed by atoms with Gasteiger partial charge in [0.2, 0.25) is 0 Å². The molecule has 0 aromatic heterocycles. The Morgan fingerprint density at radius 3 is 2.44 bits per heavy atom. The van der Waals surface area contributed by atoms with Crippen LogP contribution in [-0.2, 0) is 0 Å². The molecule has 100 valence electrons. The first-order valence-electron chi connectivity index (χ1n) is 8.19. The third kappa shape index (κ3) is 1.62. The van der Waals surface area contributed by atoms with Crippen LogP contribution >= 0.6 is 0 Å². The molecule has 1 N–H and O–H groups in total. The number of aliphatic hydroxyl groups is 1. The zero-order chi connectivity index (χ0) is 12.1. The molecular formula is C17H26O. The first-order chi connectivity index (χ1) is 8.84. The van der Waals surface area contributed by atoms with Crippen molar-refractivity contribution in [2.75, 3.05) is 0 Å². The van der Waals surface area contributed by atoms with E-state index < -0.39 is 0 Å². The molecule has 7 unspecified atom stereocenters. The Labute approximate surface area is 111 Å². The van der Waals surface area contributed by atoms with Crippen LogP contribution in [0.3, 0.4) is 0 Å². The predicted molar refractivity (Wildman–Crippen MR) is 73.0 cm³/mol. The van der Waals surface area contributed by atoms with Crippen LogP contribution in [0.2, 0.25) is 0 Å². The van der Waals surface area contributed by atoms with Gasteiger partial charge in [-0.3, -0.25) is 0 Å². The van der Waals surface area contributed by atoms with E-state index in [9.17, 15) is 5.11 Å². The van der Waals surface area contributed by atoms with E-state index in [-0.39, 0.29) is 6.10 Å². The molecular weight excluding hydrogens is 220 g/mol. The maximum absolute atomic E-state index is 10.5. The minimum atomic E-state index is 0.0240. The van der Waals surface area contributed by atoms with Crippen molar-refractivity contribution < 1.29 is 5.11 Å². The van der Waals surface area contributed by atoms with Gasteiger partial charge in [0.25, 0.3) is 0 Å². The topological polar surface area (TPSA) is 20.2 Å². The summed E-state index contributed by atoms with van der Waals surface area (Å²) in [4.78, 5) is 0. The Balaban J connectivity index is 1.60. The lowest BCUT2D eigenvalue weighted by Crippen LogP contribution is -2.49. The van der Waals surface area contributed by atoms with E-state index in [1.54, 1.807) is 0 Å². The van der Waals surface area contributed by atoms with E-state index in [1.807, 2.05) is 0 Å². The average molecular weight is 246 g/mol. The van der Waals surface area contributed by atoms with Crippen LogP contribution in [0.5, 0.6) is 0 Å². The lowest BCUT2D eigenvalue weighted by Gasteiger charge is -2.53. The number of aliphatic hydroxyl groups excluding tert-OH is 1. The maximum Gasteiger partial charge on any atom is 0.0574 e. The molecule has 0 bridgehead atoms. The molecule has 18 heavy (non-hydrogen) atoms. The van der Waals surface area contributed by atoms with Crippen LogP contribution in [0.4, 0.5) is 0 Å². The van der Waals surface area contributed by atoms with Crippen molar-refractivity contribution in [2.24, 2.45) is 35.5 Å². The van der Waals surface area contributed by atoms with E-state index in [0.29, 0.717) is 5.92 Å². The Kier molecular flexibility index (Phi) is 2.80. The fourth-order valence-corrected chi connectivity index (χ4v) is 5.98. The summed E-state index contributed by atoms with van der Waals surface area (Å²) in [6.45, 7) is 0. The third-order valence-corrected chi connectivity index (χ3v) is 6.71. The van der Waals surface area contributed by atoms with Gasteiger partial charge in [-0.15, -0.1) is 0 Å². The van der Waals surface area contributed by atoms with Gasteiger partial charge in [-0.05, 0) is 74.0 Å². The van der Waals surface area contributed by atoms with Crippen LogP contribution in [0.25, 0.3) is 0 Å². The zero-order valence-corrected chi connectivity index (χ0v) is 11.3. The van der Waals surface area contributed by atoms with E-state index in [4.69, 9.17) is 0 Å². The Hall–Kier alpha value is -0.300. The van der Waals surface area contributed by atoms with Crippen molar-refractivity contribution in [2.45, 2.75) is 57.5 Å². The second kappa shape index (κ2) is 4.37. The molecule has 3 fully saturated rings. The Morgan fingerprint density at radius 2 is 1.56 bits per heavy atom. The SMILES string of the molecule is OC1CC2C3CC=CC3CCC2C2CCCCC12. The molecule has 0 aromatic rings. The van der Waals surface area contributed by atoms with Gasteiger partial charge in [0, 0.05) is 0 Å². The molecule has 0 heterocycles. The largest absolute Gasteiger partial charge is 0.393 e. The first-order valence-corrected chi connectivity index (χ1v) is 8.19. The van der Waals surface area contributed by atoms with Crippen LogP contribution < -0.4 is 0 Å². The molecule has 0 amide bonds. The van der Waals surface area contributed by atoms with Crippen molar-refractivity contribution >= 4 is 0 Å². The molecule has 3 saturated carbocycles. The van der Waals surface area contributed by atoms with E-state index in [2.05, 4.69) is 12.2 Å². The molecule has 1 nitrogen and oxygen atoms in total. The zero-order valence-electron chi connectivity index (χ0n) is 11.3. The summed E-state index contributed by atoms with van der Waals surface area (Å²) in [5.41, 5.74) is 0. The Bertz CT molecular complexity index is 348. The summed E-state index contributed by atoms with van der Waals surface area (Å²) in [6.07, 6.45) is 15.7. The Morgan fingerprint density at radius 1 is 0.778 bits per heavy atom. The van der Waals surface area contributed by atoms with Gasteiger partial charge in [-0.2, -0.15) is 0 Å². The summed E-state index contributed by atoms with van der Waals surface area (Å²) >= 11 is 0. The molecule has 7 atom stereocenters. The molecule has 0 radical (unpaired) electrons. The molecule has 0 saturated heterocycles. The predicted octanol–water partition coefficient (Wildman–Crippen LogP) is 3.78. The molecule has 0 aliphatic heterocycles. The van der Waals surface area contributed by atoms with Crippen LogP contribution in [0.1, 0.15) is 51.4 Å². The maximum atomic E-state index is 10.5. The minimum Gasteiger partial charge on any atom is -0.393 e. The third-order valence-electron chi connectivity index (χ3n) is 6.71. The number of allylic oxidation sites excluding steroid dienone is 2. The monoisotopic (exact) mass is 246 g/mol. The second-order valence-electron chi connectivity index (χ2n) is 7.31. The van der Waals surface area contributed by atoms with Crippen molar-refractivity contribution in [3.05, 3.63) is 12.2 Å². The van der Waals surface area contributed by atoms with Gasteiger partial charge in [-0.1, -0.05) is 25.0 Å². The highest BCUT2D eigenvalue weighted by atomic mass is 16.3. The summed E-state index contributed by atoms with van der Waals surface area (Å²) in [6, 6.07) is 0. The standard InChI is InChI=1S/C17H26O/c18-17-10-16-12-7-3-4-11(12)8-9-14(16)13-5-1-2-6-15(13)17/h3-4,11-18H,1-2,5-10H2. The van der Waals surface area contributed by atoms with Crippen LogP contribution in [-0.4, -0.2) is 11.2 Å². The summed E-state index contributed by atoms with van der Waals surface area (Å²) < 4.78 is 0. The van der Waals surface area contributed by atoms with Gasteiger partial charge in [0.1, 0.15) is 0 Å². The summed E-state index contributed by atoms with van der Waals surface area (Å²) in [5, 5.41) is 10.5. The highest BCUT2D eigenvalue weighted by molar-refractivity contribution is 5.09. The number of hydrogen-bond acceptors (Lipinski definition) is 1. The molecule has 0 aromatic carbocycles. The number of fused-ring (bicyclic) bond motifs is 5. The minimum absolute atomic E-state index is 0.0240. The van der Waals surface area contributed by atoms with Gasteiger partial charge in [0.05, 0.1) is 6.10 Å². The lowest BCUT2D eigenvalue weighted by molar-refractivity contribution is -0.0871. The number of rotatable bonds is 0. The van der Waals surface area contributed by atoms with Gasteiger partial charge >= 0.3 is 0 Å². The van der Waals surface area contributed by atoms with Crippen molar-refractivity contribution in [1.82, 2.24) is 0 Å². The molecule has 4 aliphatic rings. The molecule has 4 rings (SSSR count). The molecule has 1 heteroatoms. The van der Waals surface area contributed by atoms with E-state index in [0.717, 1.165) is 36.0 Å². The van der Waals surface area contributed by atoms with E-state index >= 15 is 0 Å². The normalized spacial score (nSPS) is 54.6. The average Bonchev–Trinajstić information content (AvgIpc) is 2.88. The quantitative estimate of drug-likeness (QED) is 0.645. The first kappa shape index (κ1) is 11.5. The highest BCUT2D eigenvalue weighted by Crippen LogP contribution is 2.56. The smallest absolute Gasteiger partial charge is 0.0574 e. The highest BCUT2D eigenvalue weighted by Gasteiger charge is 2.50. The fourth-order valence-electron chi connectivity index (χ4n) is 5.98. The van der Waals surface area contributed by atoms with Crippen molar-refractivity contribution in [1.29, 1.82) is 0 Å². The van der Waals surface area contributed by atoms with E-state index in [1.165, 1.54) is 44.9 Å². The van der Waals surface area contributed by atoms with Gasteiger partial charge < -0.3 is 5.11 Å². The molecule has 4 aliphatic carbocycles. The fraction of sp³-hybridized carbons (Fsp3) is 0.882. The summed E-state index contributed by atoms with van der Waals surface area (Å²) in [7, 11) is 0. The second-order valence-corrected chi connectivity index (χ2v) is 7.31. The summed E-state index contributed by atoms with van der Waals surface area (Å²) in [5.74, 6) is 5.08. The van der Waals surface area contributed by atoms with Crippen LogP contribution in [0.15, 0.2) is 12.2 Å². The molecule has 0 spiro atoms. The van der Waals surface area contributed by atoms with Crippen molar-refractivity contribution in [3.63, 3.8) is 0 Å². The lowest BCUT2D eigenvalue weighted by atomic mass is 9.53. The van der Waals surface area contributed by atoms with Gasteiger partial charge in [0.15, 0.2) is 0 Å². The van der Waals surface area contributed by atoms with Crippen molar-refractivity contribution in [3.8, 4) is 0 Å².